The van der Waals surface area contributed by atoms with Gasteiger partial charge in [0, 0.05) is 24.9 Å². The lowest BCUT2D eigenvalue weighted by molar-refractivity contribution is -0.126. The topological polar surface area (TPSA) is 67.4 Å². The van der Waals surface area contributed by atoms with Crippen molar-refractivity contribution in [2.24, 2.45) is 5.41 Å². The highest BCUT2D eigenvalue weighted by Gasteiger charge is 2.33. The SMILES string of the molecule is CC1(CNC(=O)CCNC(=O)c2cccs2)COC1. The minimum atomic E-state index is -0.123. The Labute approximate surface area is 116 Å². The Morgan fingerprint density at radius 1 is 1.42 bits per heavy atom. The van der Waals surface area contributed by atoms with Crippen LogP contribution in [0, 0.1) is 5.41 Å². The zero-order valence-electron chi connectivity index (χ0n) is 10.9. The molecule has 5 nitrogen and oxygen atoms in total. The number of ether oxygens (including phenoxy) is 1. The lowest BCUT2D eigenvalue weighted by Crippen LogP contribution is -2.48. The summed E-state index contributed by atoms with van der Waals surface area (Å²) in [4.78, 5) is 23.9. The van der Waals surface area contributed by atoms with Gasteiger partial charge < -0.3 is 15.4 Å². The van der Waals surface area contributed by atoms with Gasteiger partial charge in [0.2, 0.25) is 5.91 Å². The molecule has 1 aliphatic rings. The number of rotatable bonds is 6. The van der Waals surface area contributed by atoms with Crippen molar-refractivity contribution in [1.82, 2.24) is 10.6 Å². The quantitative estimate of drug-likeness (QED) is 0.818. The zero-order valence-corrected chi connectivity index (χ0v) is 11.7. The summed E-state index contributed by atoms with van der Waals surface area (Å²) in [6.07, 6.45) is 0.300. The second-order valence-corrected chi connectivity index (χ2v) is 6.01. The standard InChI is InChI=1S/C13H18N2O3S/c1-13(8-18-9-13)7-15-11(16)4-5-14-12(17)10-3-2-6-19-10/h2-3,6H,4-5,7-9H2,1H3,(H,14,17)(H,15,16). The van der Waals surface area contributed by atoms with E-state index in [-0.39, 0.29) is 17.2 Å². The predicted molar refractivity (Wildman–Crippen MR) is 73.2 cm³/mol. The molecule has 0 aliphatic carbocycles. The van der Waals surface area contributed by atoms with Crippen molar-refractivity contribution >= 4 is 23.2 Å². The summed E-state index contributed by atoms with van der Waals surface area (Å²) in [5, 5.41) is 7.44. The first-order valence-electron chi connectivity index (χ1n) is 6.25. The van der Waals surface area contributed by atoms with Gasteiger partial charge in [-0.2, -0.15) is 0 Å². The summed E-state index contributed by atoms with van der Waals surface area (Å²) >= 11 is 1.39. The molecule has 0 atom stereocenters. The monoisotopic (exact) mass is 282 g/mol. The molecule has 1 fully saturated rings. The molecule has 2 amide bonds. The molecule has 19 heavy (non-hydrogen) atoms. The number of carbonyl (C=O) groups excluding carboxylic acids is 2. The highest BCUT2D eigenvalue weighted by Crippen LogP contribution is 2.24. The second kappa shape index (κ2) is 6.16. The van der Waals surface area contributed by atoms with Crippen LogP contribution in [0.2, 0.25) is 0 Å². The van der Waals surface area contributed by atoms with Crippen LogP contribution in [0.1, 0.15) is 23.0 Å². The Kier molecular flexibility index (Phi) is 4.55. The summed E-state index contributed by atoms with van der Waals surface area (Å²) in [5.74, 6) is -0.165. The molecule has 0 saturated carbocycles. The van der Waals surface area contributed by atoms with Crippen molar-refractivity contribution < 1.29 is 14.3 Å². The molecule has 0 spiro atoms. The molecule has 2 heterocycles. The maximum atomic E-state index is 11.6. The Morgan fingerprint density at radius 3 is 2.79 bits per heavy atom. The minimum absolute atomic E-state index is 0.0420. The average Bonchev–Trinajstić information content (AvgIpc) is 2.87. The normalized spacial score (nSPS) is 16.5. The first-order valence-corrected chi connectivity index (χ1v) is 7.13. The lowest BCUT2D eigenvalue weighted by Gasteiger charge is -2.38. The van der Waals surface area contributed by atoms with Crippen LogP contribution >= 0.6 is 11.3 Å². The summed E-state index contributed by atoms with van der Waals surface area (Å²) < 4.78 is 5.12. The number of hydrogen-bond donors (Lipinski definition) is 2. The van der Waals surface area contributed by atoms with Crippen molar-refractivity contribution in [3.8, 4) is 0 Å². The molecule has 0 bridgehead atoms. The van der Waals surface area contributed by atoms with Gasteiger partial charge in [0.25, 0.3) is 5.91 Å². The third-order valence-corrected chi connectivity index (χ3v) is 3.86. The van der Waals surface area contributed by atoms with Gasteiger partial charge in [-0.15, -0.1) is 11.3 Å². The van der Waals surface area contributed by atoms with Crippen LogP contribution in [0.3, 0.4) is 0 Å². The first kappa shape index (κ1) is 14.0. The van der Waals surface area contributed by atoms with Crippen molar-refractivity contribution in [3.63, 3.8) is 0 Å². The molecule has 104 valence electrons. The van der Waals surface area contributed by atoms with E-state index in [1.807, 2.05) is 11.4 Å². The Bertz CT molecular complexity index is 441. The number of hydrogen-bond acceptors (Lipinski definition) is 4. The van der Waals surface area contributed by atoms with Crippen LogP contribution in [0.25, 0.3) is 0 Å². The third kappa shape index (κ3) is 4.04. The maximum absolute atomic E-state index is 11.6. The molecule has 2 rings (SSSR count). The largest absolute Gasteiger partial charge is 0.380 e. The van der Waals surface area contributed by atoms with E-state index in [0.29, 0.717) is 37.6 Å². The first-order chi connectivity index (χ1) is 9.09. The van der Waals surface area contributed by atoms with Gasteiger partial charge in [-0.3, -0.25) is 9.59 Å². The van der Waals surface area contributed by atoms with Gasteiger partial charge >= 0.3 is 0 Å². The molecule has 0 unspecified atom stereocenters. The lowest BCUT2D eigenvalue weighted by atomic mass is 9.89. The third-order valence-electron chi connectivity index (χ3n) is 3.00. The summed E-state index contributed by atoms with van der Waals surface area (Å²) in [7, 11) is 0. The van der Waals surface area contributed by atoms with Gasteiger partial charge in [-0.05, 0) is 11.4 Å². The van der Waals surface area contributed by atoms with Gasteiger partial charge in [-0.25, -0.2) is 0 Å². The Morgan fingerprint density at radius 2 is 2.21 bits per heavy atom. The molecule has 2 N–H and O–H groups in total. The van der Waals surface area contributed by atoms with Crippen LogP contribution in [0.15, 0.2) is 17.5 Å². The average molecular weight is 282 g/mol. The van der Waals surface area contributed by atoms with E-state index in [1.165, 1.54) is 11.3 Å². The number of thiophene rings is 1. The Balaban J connectivity index is 1.60. The fourth-order valence-corrected chi connectivity index (χ4v) is 2.38. The van der Waals surface area contributed by atoms with Crippen molar-refractivity contribution in [1.29, 1.82) is 0 Å². The number of amides is 2. The number of nitrogens with one attached hydrogen (secondary N) is 2. The van der Waals surface area contributed by atoms with Crippen molar-refractivity contribution in [2.75, 3.05) is 26.3 Å². The van der Waals surface area contributed by atoms with E-state index in [9.17, 15) is 9.59 Å². The van der Waals surface area contributed by atoms with Crippen LogP contribution in [0.4, 0.5) is 0 Å². The van der Waals surface area contributed by atoms with Crippen LogP contribution in [-0.2, 0) is 9.53 Å². The molecular weight excluding hydrogens is 264 g/mol. The molecule has 6 heteroatoms. The molecule has 1 aliphatic heterocycles. The van der Waals surface area contributed by atoms with Crippen molar-refractivity contribution in [3.05, 3.63) is 22.4 Å². The van der Waals surface area contributed by atoms with Gasteiger partial charge in [0.1, 0.15) is 0 Å². The fraction of sp³-hybridized carbons (Fsp3) is 0.538. The van der Waals surface area contributed by atoms with E-state index in [2.05, 4.69) is 17.6 Å². The molecule has 1 aromatic heterocycles. The van der Waals surface area contributed by atoms with E-state index < -0.39 is 0 Å². The number of carbonyl (C=O) groups is 2. The summed E-state index contributed by atoms with van der Waals surface area (Å²) in [5.41, 5.74) is 0.0792. The Hall–Kier alpha value is -1.40. The zero-order chi connectivity index (χ0) is 13.7. The molecular formula is C13H18N2O3S. The minimum Gasteiger partial charge on any atom is -0.380 e. The van der Waals surface area contributed by atoms with Gasteiger partial charge in [0.05, 0.1) is 18.1 Å². The summed E-state index contributed by atoms with van der Waals surface area (Å²) in [6, 6.07) is 3.59. The van der Waals surface area contributed by atoms with Crippen molar-refractivity contribution in [2.45, 2.75) is 13.3 Å². The van der Waals surface area contributed by atoms with E-state index in [0.717, 1.165) is 0 Å². The fourth-order valence-electron chi connectivity index (χ4n) is 1.74. The van der Waals surface area contributed by atoms with Crippen LogP contribution in [-0.4, -0.2) is 38.1 Å². The van der Waals surface area contributed by atoms with Crippen LogP contribution < -0.4 is 10.6 Å². The molecule has 1 aromatic rings. The molecule has 0 radical (unpaired) electrons. The van der Waals surface area contributed by atoms with E-state index in [1.54, 1.807) is 6.07 Å². The smallest absolute Gasteiger partial charge is 0.261 e. The predicted octanol–water partition coefficient (Wildman–Crippen LogP) is 1.02. The molecule has 0 aromatic carbocycles. The highest BCUT2D eigenvalue weighted by molar-refractivity contribution is 7.12. The van der Waals surface area contributed by atoms with Gasteiger partial charge in [-0.1, -0.05) is 13.0 Å². The van der Waals surface area contributed by atoms with E-state index >= 15 is 0 Å². The maximum Gasteiger partial charge on any atom is 0.261 e. The molecule has 1 saturated heterocycles. The van der Waals surface area contributed by atoms with Gasteiger partial charge in [0.15, 0.2) is 0 Å². The van der Waals surface area contributed by atoms with Crippen LogP contribution in [0.5, 0.6) is 0 Å². The van der Waals surface area contributed by atoms with E-state index in [4.69, 9.17) is 4.74 Å². The summed E-state index contributed by atoms with van der Waals surface area (Å²) in [6.45, 7) is 4.46. The second-order valence-electron chi connectivity index (χ2n) is 5.06. The highest BCUT2D eigenvalue weighted by atomic mass is 32.1.